The fourth-order valence-electron chi connectivity index (χ4n) is 3.54. The maximum absolute atomic E-state index is 5.98. The lowest BCUT2D eigenvalue weighted by Crippen LogP contribution is -2.31. The van der Waals surface area contributed by atoms with Crippen LogP contribution in [0.3, 0.4) is 0 Å². The summed E-state index contributed by atoms with van der Waals surface area (Å²) in [6.07, 6.45) is 13.3. The van der Waals surface area contributed by atoms with Gasteiger partial charge in [-0.25, -0.2) is 0 Å². The second-order valence-corrected chi connectivity index (χ2v) is 6.38. The van der Waals surface area contributed by atoms with E-state index in [4.69, 9.17) is 4.74 Å². The van der Waals surface area contributed by atoms with E-state index in [1.807, 2.05) is 0 Å². The fraction of sp³-hybridized carbons (Fsp3) is 1.00. The van der Waals surface area contributed by atoms with Crippen LogP contribution in [-0.4, -0.2) is 25.3 Å². The molecule has 3 aliphatic rings. The Hall–Kier alpha value is -0.0800. The summed E-state index contributed by atoms with van der Waals surface area (Å²) >= 11 is 0. The molecule has 0 aromatic carbocycles. The Labute approximate surface area is 105 Å². The fourth-order valence-corrected chi connectivity index (χ4v) is 3.54. The van der Waals surface area contributed by atoms with E-state index in [0.717, 1.165) is 24.5 Å². The van der Waals surface area contributed by atoms with Gasteiger partial charge >= 0.3 is 0 Å². The highest BCUT2D eigenvalue weighted by molar-refractivity contribution is 4.86. The maximum Gasteiger partial charge on any atom is 0.0618 e. The normalized spacial score (nSPS) is 35.3. The average Bonchev–Trinajstić information content (AvgIpc) is 3.09. The van der Waals surface area contributed by atoms with E-state index in [0.29, 0.717) is 6.10 Å². The minimum atomic E-state index is 0.573. The molecule has 0 bridgehead atoms. The van der Waals surface area contributed by atoms with E-state index in [1.165, 1.54) is 64.3 Å². The first-order valence-corrected chi connectivity index (χ1v) is 7.77. The highest BCUT2D eigenvalue weighted by Gasteiger charge is 2.32. The van der Waals surface area contributed by atoms with Gasteiger partial charge in [-0.2, -0.15) is 0 Å². The summed E-state index contributed by atoms with van der Waals surface area (Å²) in [6.45, 7) is 2.22. The average molecular weight is 237 g/mol. The van der Waals surface area contributed by atoms with Crippen molar-refractivity contribution in [3.05, 3.63) is 0 Å². The Kier molecular flexibility index (Phi) is 4.02. The summed E-state index contributed by atoms with van der Waals surface area (Å²) < 4.78 is 5.98. The Morgan fingerprint density at radius 1 is 0.941 bits per heavy atom. The molecule has 0 aromatic heterocycles. The molecule has 2 heteroatoms. The quantitative estimate of drug-likeness (QED) is 0.793. The third-order valence-electron chi connectivity index (χ3n) is 4.88. The van der Waals surface area contributed by atoms with Crippen LogP contribution in [-0.2, 0) is 4.74 Å². The zero-order chi connectivity index (χ0) is 11.5. The van der Waals surface area contributed by atoms with E-state index in [9.17, 15) is 0 Å². The second-order valence-electron chi connectivity index (χ2n) is 6.38. The molecule has 98 valence electrons. The number of hydrogen-bond acceptors (Lipinski definition) is 2. The number of rotatable bonds is 5. The lowest BCUT2D eigenvalue weighted by molar-refractivity contribution is 0.0629. The van der Waals surface area contributed by atoms with Crippen LogP contribution in [0.5, 0.6) is 0 Å². The molecule has 0 radical (unpaired) electrons. The molecular formula is C15H27NO. The zero-order valence-electron chi connectivity index (χ0n) is 11.0. The van der Waals surface area contributed by atoms with Crippen LogP contribution in [0.4, 0.5) is 0 Å². The summed E-state index contributed by atoms with van der Waals surface area (Å²) in [5.74, 6) is 1.77. The minimum absolute atomic E-state index is 0.573. The van der Waals surface area contributed by atoms with Crippen molar-refractivity contribution in [3.8, 4) is 0 Å². The predicted octanol–water partition coefficient (Wildman–Crippen LogP) is 3.11. The summed E-state index contributed by atoms with van der Waals surface area (Å²) in [6, 6.07) is 0.853. The van der Waals surface area contributed by atoms with Crippen molar-refractivity contribution >= 4 is 0 Å². The van der Waals surface area contributed by atoms with Crippen molar-refractivity contribution in [2.45, 2.75) is 69.9 Å². The van der Waals surface area contributed by atoms with Crippen molar-refractivity contribution in [2.75, 3.05) is 13.2 Å². The Bertz CT molecular complexity index is 233. The molecule has 1 heterocycles. The van der Waals surface area contributed by atoms with E-state index >= 15 is 0 Å². The van der Waals surface area contributed by atoms with Gasteiger partial charge in [0.25, 0.3) is 0 Å². The van der Waals surface area contributed by atoms with Crippen molar-refractivity contribution in [2.24, 2.45) is 11.8 Å². The molecule has 1 N–H and O–H groups in total. The summed E-state index contributed by atoms with van der Waals surface area (Å²) in [7, 11) is 0. The van der Waals surface area contributed by atoms with Gasteiger partial charge in [-0.05, 0) is 37.5 Å². The van der Waals surface area contributed by atoms with E-state index in [2.05, 4.69) is 5.32 Å². The number of nitrogens with one attached hydrogen (secondary N) is 1. The Morgan fingerprint density at radius 3 is 2.53 bits per heavy atom. The topological polar surface area (TPSA) is 21.3 Å². The van der Waals surface area contributed by atoms with E-state index < -0.39 is 0 Å². The van der Waals surface area contributed by atoms with Crippen molar-refractivity contribution < 1.29 is 4.74 Å². The first kappa shape index (κ1) is 12.0. The molecule has 17 heavy (non-hydrogen) atoms. The summed E-state index contributed by atoms with van der Waals surface area (Å²) in [4.78, 5) is 0. The molecule has 1 saturated heterocycles. The highest BCUT2D eigenvalue weighted by atomic mass is 16.5. The third-order valence-corrected chi connectivity index (χ3v) is 4.88. The van der Waals surface area contributed by atoms with Gasteiger partial charge in [0, 0.05) is 19.2 Å². The van der Waals surface area contributed by atoms with Crippen LogP contribution >= 0.6 is 0 Å². The smallest absolute Gasteiger partial charge is 0.0618 e. The van der Waals surface area contributed by atoms with Gasteiger partial charge in [-0.1, -0.05) is 32.1 Å². The third kappa shape index (κ3) is 3.45. The van der Waals surface area contributed by atoms with Gasteiger partial charge in [0.15, 0.2) is 0 Å². The SMILES string of the molecule is C1CCC(CC2OCCC2CNC2CC2)CC1. The molecule has 3 fully saturated rings. The molecular weight excluding hydrogens is 210 g/mol. The van der Waals surface area contributed by atoms with Crippen LogP contribution in [0.2, 0.25) is 0 Å². The van der Waals surface area contributed by atoms with Crippen LogP contribution in [0.1, 0.15) is 57.8 Å². The first-order valence-electron chi connectivity index (χ1n) is 7.77. The largest absolute Gasteiger partial charge is 0.378 e. The summed E-state index contributed by atoms with van der Waals surface area (Å²) in [5, 5.41) is 3.69. The molecule has 0 aromatic rings. The molecule has 0 amide bonds. The van der Waals surface area contributed by atoms with Gasteiger partial charge < -0.3 is 10.1 Å². The molecule has 2 atom stereocenters. The van der Waals surface area contributed by atoms with Crippen LogP contribution in [0, 0.1) is 11.8 Å². The predicted molar refractivity (Wildman–Crippen MR) is 70.1 cm³/mol. The molecule has 2 aliphatic carbocycles. The van der Waals surface area contributed by atoms with Crippen LogP contribution in [0.15, 0.2) is 0 Å². The maximum atomic E-state index is 5.98. The van der Waals surface area contributed by atoms with Gasteiger partial charge in [-0.3, -0.25) is 0 Å². The van der Waals surface area contributed by atoms with Crippen molar-refractivity contribution in [1.29, 1.82) is 0 Å². The standard InChI is InChI=1S/C15H27NO/c1-2-4-12(5-3-1)10-15-13(8-9-17-15)11-16-14-6-7-14/h12-16H,1-11H2. The van der Waals surface area contributed by atoms with Gasteiger partial charge in [0.2, 0.25) is 0 Å². The summed E-state index contributed by atoms with van der Waals surface area (Å²) in [5.41, 5.74) is 0. The molecule has 2 nitrogen and oxygen atoms in total. The highest BCUT2D eigenvalue weighted by Crippen LogP contribution is 2.33. The first-order chi connectivity index (χ1) is 8.42. The Morgan fingerprint density at radius 2 is 1.76 bits per heavy atom. The monoisotopic (exact) mass is 237 g/mol. The second kappa shape index (κ2) is 5.71. The Balaban J connectivity index is 1.43. The number of hydrogen-bond donors (Lipinski definition) is 1. The zero-order valence-corrected chi connectivity index (χ0v) is 11.0. The van der Waals surface area contributed by atoms with Crippen molar-refractivity contribution in [1.82, 2.24) is 5.32 Å². The lowest BCUT2D eigenvalue weighted by atomic mass is 9.83. The van der Waals surface area contributed by atoms with Crippen LogP contribution < -0.4 is 5.32 Å². The van der Waals surface area contributed by atoms with Gasteiger partial charge in [0.1, 0.15) is 0 Å². The molecule has 1 aliphatic heterocycles. The van der Waals surface area contributed by atoms with Crippen LogP contribution in [0.25, 0.3) is 0 Å². The molecule has 3 rings (SSSR count). The molecule has 2 unspecified atom stereocenters. The minimum Gasteiger partial charge on any atom is -0.378 e. The van der Waals surface area contributed by atoms with Gasteiger partial charge in [0.05, 0.1) is 6.10 Å². The van der Waals surface area contributed by atoms with E-state index in [-0.39, 0.29) is 0 Å². The lowest BCUT2D eigenvalue weighted by Gasteiger charge is -2.27. The number of ether oxygens (including phenoxy) is 1. The van der Waals surface area contributed by atoms with Crippen molar-refractivity contribution in [3.63, 3.8) is 0 Å². The molecule has 0 spiro atoms. The molecule has 2 saturated carbocycles. The van der Waals surface area contributed by atoms with E-state index in [1.54, 1.807) is 0 Å². The van der Waals surface area contributed by atoms with Gasteiger partial charge in [-0.15, -0.1) is 0 Å².